The first-order valence-corrected chi connectivity index (χ1v) is 6.66. The van der Waals surface area contributed by atoms with Crippen molar-refractivity contribution in [1.82, 2.24) is 0 Å². The zero-order chi connectivity index (χ0) is 16.1. The van der Waals surface area contributed by atoms with Crippen LogP contribution in [0.4, 0.5) is 8.78 Å². The summed E-state index contributed by atoms with van der Waals surface area (Å²) in [5.41, 5.74) is -0.874. The Morgan fingerprint density at radius 2 is 1.65 bits per heavy atom. The monoisotopic (exact) mass is 294 g/mol. The van der Waals surface area contributed by atoms with Gasteiger partial charge in [-0.15, -0.1) is 0 Å². The molecule has 0 aliphatic rings. The van der Waals surface area contributed by atoms with Gasteiger partial charge >= 0.3 is 17.9 Å². The zero-order valence-electron chi connectivity index (χ0n) is 13.0. The van der Waals surface area contributed by atoms with E-state index in [2.05, 4.69) is 4.74 Å². The predicted octanol–water partition coefficient (Wildman–Crippen LogP) is 3.19. The van der Waals surface area contributed by atoms with Gasteiger partial charge in [-0.3, -0.25) is 4.79 Å². The number of hydrogen-bond acceptors (Lipinski definition) is 4. The van der Waals surface area contributed by atoms with Crippen LogP contribution in [-0.4, -0.2) is 31.1 Å². The van der Waals surface area contributed by atoms with Crippen molar-refractivity contribution in [2.75, 3.05) is 7.11 Å². The van der Waals surface area contributed by atoms with Gasteiger partial charge in [0.1, 0.15) is 0 Å². The molecule has 0 aromatic carbocycles. The largest absolute Gasteiger partial charge is 0.464 e. The summed E-state index contributed by atoms with van der Waals surface area (Å²) in [6, 6.07) is 0. The number of hydrogen-bond donors (Lipinski definition) is 0. The van der Waals surface area contributed by atoms with Crippen LogP contribution in [0.15, 0.2) is 0 Å². The van der Waals surface area contributed by atoms with Crippen LogP contribution in [0.1, 0.15) is 47.5 Å². The van der Waals surface area contributed by atoms with Crippen LogP contribution in [-0.2, 0) is 19.1 Å². The Morgan fingerprint density at radius 3 is 2.00 bits per heavy atom. The summed E-state index contributed by atoms with van der Waals surface area (Å²) in [7, 11) is 0.875. The second-order valence-electron chi connectivity index (χ2n) is 5.88. The van der Waals surface area contributed by atoms with Gasteiger partial charge in [0.25, 0.3) is 0 Å². The molecule has 0 saturated carbocycles. The highest BCUT2D eigenvalue weighted by Crippen LogP contribution is 2.31. The summed E-state index contributed by atoms with van der Waals surface area (Å²) in [6.45, 7) is 8.39. The van der Waals surface area contributed by atoms with Crippen LogP contribution in [0.5, 0.6) is 0 Å². The van der Waals surface area contributed by atoms with Gasteiger partial charge in [-0.2, -0.15) is 8.78 Å². The summed E-state index contributed by atoms with van der Waals surface area (Å²) in [6.07, 6.45) is -1.48. The molecule has 4 nitrogen and oxygen atoms in total. The number of carbonyl (C=O) groups excluding carboxylic acids is 2. The molecule has 0 aromatic heterocycles. The molecule has 0 N–H and O–H groups in total. The maximum absolute atomic E-state index is 13.9. The van der Waals surface area contributed by atoms with Crippen LogP contribution < -0.4 is 0 Å². The average molecular weight is 294 g/mol. The van der Waals surface area contributed by atoms with E-state index < -0.39 is 29.4 Å². The lowest BCUT2D eigenvalue weighted by Crippen LogP contribution is -2.47. The van der Waals surface area contributed by atoms with Crippen molar-refractivity contribution in [3.8, 4) is 0 Å². The fraction of sp³-hybridized carbons (Fsp3) is 0.857. The normalized spacial score (nSPS) is 14.1. The standard InChI is InChI=1S/C14H24F2O4/c1-7-13(4,5)11(17)20-10(8-9(2)3)14(15,16)12(18)19-6/h9-10H,7-8H2,1-6H3. The lowest BCUT2D eigenvalue weighted by atomic mass is 9.90. The van der Waals surface area contributed by atoms with Crippen molar-refractivity contribution in [2.45, 2.75) is 59.5 Å². The predicted molar refractivity (Wildman–Crippen MR) is 70.4 cm³/mol. The number of carbonyl (C=O) groups is 2. The van der Waals surface area contributed by atoms with Crippen LogP contribution in [0.3, 0.4) is 0 Å². The number of rotatable bonds is 7. The van der Waals surface area contributed by atoms with E-state index in [9.17, 15) is 18.4 Å². The van der Waals surface area contributed by atoms with Crippen molar-refractivity contribution in [2.24, 2.45) is 11.3 Å². The van der Waals surface area contributed by atoms with Crippen LogP contribution >= 0.6 is 0 Å². The highest BCUT2D eigenvalue weighted by atomic mass is 19.3. The molecule has 1 unspecified atom stereocenters. The molecule has 0 saturated heterocycles. The Bertz CT molecular complexity index is 351. The Balaban J connectivity index is 5.18. The summed E-state index contributed by atoms with van der Waals surface area (Å²) >= 11 is 0. The Hall–Kier alpha value is -1.20. The molecule has 20 heavy (non-hydrogen) atoms. The maximum atomic E-state index is 13.9. The highest BCUT2D eigenvalue weighted by Gasteiger charge is 2.52. The van der Waals surface area contributed by atoms with Crippen molar-refractivity contribution in [1.29, 1.82) is 0 Å². The van der Waals surface area contributed by atoms with E-state index in [1.165, 1.54) is 0 Å². The van der Waals surface area contributed by atoms with E-state index in [0.717, 1.165) is 7.11 Å². The fourth-order valence-corrected chi connectivity index (χ4v) is 1.40. The number of alkyl halides is 2. The van der Waals surface area contributed by atoms with Crippen LogP contribution in [0.25, 0.3) is 0 Å². The van der Waals surface area contributed by atoms with E-state index >= 15 is 0 Å². The number of halogens is 2. The number of esters is 2. The van der Waals surface area contributed by atoms with Gasteiger partial charge in [0, 0.05) is 0 Å². The Kier molecular flexibility index (Phi) is 6.58. The topological polar surface area (TPSA) is 52.6 Å². The zero-order valence-corrected chi connectivity index (χ0v) is 13.0. The third kappa shape index (κ3) is 4.72. The fourth-order valence-electron chi connectivity index (χ4n) is 1.40. The van der Waals surface area contributed by atoms with E-state index in [1.807, 2.05) is 0 Å². The molecule has 0 spiro atoms. The molecule has 0 heterocycles. The SMILES string of the molecule is CCC(C)(C)C(=O)OC(CC(C)C)C(F)(F)C(=O)OC. The van der Waals surface area contributed by atoms with Gasteiger partial charge in [0.2, 0.25) is 0 Å². The Labute approximate surface area is 118 Å². The van der Waals surface area contributed by atoms with Crippen molar-refractivity contribution >= 4 is 11.9 Å². The molecule has 0 amide bonds. The molecule has 6 heteroatoms. The molecule has 1 atom stereocenters. The van der Waals surface area contributed by atoms with E-state index in [1.54, 1.807) is 34.6 Å². The van der Waals surface area contributed by atoms with Gasteiger partial charge in [0.15, 0.2) is 6.10 Å². The summed E-state index contributed by atoms with van der Waals surface area (Å²) in [5.74, 6) is -6.44. The molecule has 0 rings (SSSR count). The summed E-state index contributed by atoms with van der Waals surface area (Å²) < 4.78 is 36.9. The molecule has 0 radical (unpaired) electrons. The average Bonchev–Trinajstić information content (AvgIpc) is 2.35. The number of ether oxygens (including phenoxy) is 2. The third-order valence-electron chi connectivity index (χ3n) is 3.23. The van der Waals surface area contributed by atoms with Crippen LogP contribution in [0.2, 0.25) is 0 Å². The second-order valence-corrected chi connectivity index (χ2v) is 5.88. The van der Waals surface area contributed by atoms with Gasteiger partial charge < -0.3 is 9.47 Å². The van der Waals surface area contributed by atoms with Crippen molar-refractivity contribution < 1.29 is 27.8 Å². The molecule has 0 bridgehead atoms. The minimum Gasteiger partial charge on any atom is -0.464 e. The Morgan fingerprint density at radius 1 is 1.15 bits per heavy atom. The first-order valence-electron chi connectivity index (χ1n) is 6.66. The first kappa shape index (κ1) is 18.8. The first-order chi connectivity index (χ1) is 8.98. The molecule has 0 aliphatic carbocycles. The molecule has 0 fully saturated rings. The van der Waals surface area contributed by atoms with E-state index in [4.69, 9.17) is 4.74 Å². The quantitative estimate of drug-likeness (QED) is 0.677. The molecular formula is C14H24F2O4. The van der Waals surface area contributed by atoms with Gasteiger partial charge in [0.05, 0.1) is 12.5 Å². The van der Waals surface area contributed by atoms with Gasteiger partial charge in [-0.1, -0.05) is 20.8 Å². The molecule has 118 valence electrons. The van der Waals surface area contributed by atoms with Gasteiger partial charge in [-0.05, 0) is 32.6 Å². The lowest BCUT2D eigenvalue weighted by Gasteiger charge is -2.29. The van der Waals surface area contributed by atoms with Crippen molar-refractivity contribution in [3.63, 3.8) is 0 Å². The van der Waals surface area contributed by atoms with Crippen molar-refractivity contribution in [3.05, 3.63) is 0 Å². The van der Waals surface area contributed by atoms with E-state index in [0.29, 0.717) is 6.42 Å². The molecule has 0 aliphatic heterocycles. The highest BCUT2D eigenvalue weighted by molar-refractivity contribution is 5.80. The third-order valence-corrected chi connectivity index (χ3v) is 3.23. The number of methoxy groups -OCH3 is 1. The molecule has 0 aromatic rings. The molecular weight excluding hydrogens is 270 g/mol. The second kappa shape index (κ2) is 6.99. The van der Waals surface area contributed by atoms with E-state index in [-0.39, 0.29) is 12.3 Å². The summed E-state index contributed by atoms with van der Waals surface area (Å²) in [5, 5.41) is 0. The smallest absolute Gasteiger partial charge is 0.380 e. The maximum Gasteiger partial charge on any atom is 0.380 e. The summed E-state index contributed by atoms with van der Waals surface area (Å²) in [4.78, 5) is 23.1. The van der Waals surface area contributed by atoms with Gasteiger partial charge in [-0.25, -0.2) is 4.79 Å². The minimum atomic E-state index is -3.85. The van der Waals surface area contributed by atoms with Crippen LogP contribution in [0, 0.1) is 11.3 Å². The minimum absolute atomic E-state index is 0.117. The lowest BCUT2D eigenvalue weighted by molar-refractivity contribution is -0.202.